The fourth-order valence-corrected chi connectivity index (χ4v) is 1.38. The second-order valence-corrected chi connectivity index (χ2v) is 3.20. The Morgan fingerprint density at radius 2 is 2.54 bits per heavy atom. The highest BCUT2D eigenvalue weighted by Gasteiger charge is 1.95. The van der Waals surface area contributed by atoms with Crippen LogP contribution in [0, 0.1) is 11.8 Å². The molecule has 1 aromatic rings. The molecule has 68 valence electrons. The molecular formula is C9H8O3S. The summed E-state index contributed by atoms with van der Waals surface area (Å²) in [6, 6.07) is 1.74. The summed E-state index contributed by atoms with van der Waals surface area (Å²) >= 11 is 1.40. The molecular weight excluding hydrogens is 188 g/mol. The Kier molecular flexibility index (Phi) is 3.50. The molecule has 0 aliphatic heterocycles. The Morgan fingerprint density at radius 3 is 3.08 bits per heavy atom. The van der Waals surface area contributed by atoms with Crippen molar-refractivity contribution in [2.75, 3.05) is 7.11 Å². The van der Waals surface area contributed by atoms with Crippen LogP contribution in [0.5, 0.6) is 0 Å². The molecule has 0 saturated heterocycles. The van der Waals surface area contributed by atoms with E-state index >= 15 is 0 Å². The van der Waals surface area contributed by atoms with Gasteiger partial charge in [-0.1, -0.05) is 5.92 Å². The van der Waals surface area contributed by atoms with Gasteiger partial charge in [0.05, 0.1) is 13.7 Å². The van der Waals surface area contributed by atoms with Crippen molar-refractivity contribution in [1.82, 2.24) is 0 Å². The summed E-state index contributed by atoms with van der Waals surface area (Å²) in [5.74, 6) is 4.37. The summed E-state index contributed by atoms with van der Waals surface area (Å²) in [5.41, 5.74) is 0.722. The predicted octanol–water partition coefficient (Wildman–Crippen LogP) is 0.765. The summed E-state index contributed by atoms with van der Waals surface area (Å²) in [5, 5.41) is 10.5. The minimum atomic E-state index is -0.559. The van der Waals surface area contributed by atoms with E-state index in [9.17, 15) is 4.79 Å². The first kappa shape index (κ1) is 9.78. The minimum absolute atomic E-state index is 0.00453. The first-order valence-corrected chi connectivity index (χ1v) is 4.42. The SMILES string of the molecule is COC(=O)C#Cc1csc(CO)c1. The number of rotatable bonds is 1. The molecule has 0 unspecified atom stereocenters. The Hall–Kier alpha value is -1.31. The molecule has 0 atom stereocenters. The van der Waals surface area contributed by atoms with Crippen molar-refractivity contribution in [3.63, 3.8) is 0 Å². The van der Waals surface area contributed by atoms with Gasteiger partial charge in [-0.3, -0.25) is 0 Å². The molecule has 1 rings (SSSR count). The number of carbonyl (C=O) groups is 1. The van der Waals surface area contributed by atoms with Crippen molar-refractivity contribution >= 4 is 17.3 Å². The van der Waals surface area contributed by atoms with Gasteiger partial charge in [0.2, 0.25) is 0 Å². The van der Waals surface area contributed by atoms with E-state index in [-0.39, 0.29) is 6.61 Å². The maximum atomic E-state index is 10.6. The zero-order chi connectivity index (χ0) is 9.68. The lowest BCUT2D eigenvalue weighted by atomic mass is 10.3. The molecule has 3 nitrogen and oxygen atoms in total. The molecule has 0 aromatic carbocycles. The van der Waals surface area contributed by atoms with Crippen LogP contribution in [-0.2, 0) is 16.1 Å². The van der Waals surface area contributed by atoms with Crippen LogP contribution < -0.4 is 0 Å². The Bertz CT molecular complexity index is 356. The maximum absolute atomic E-state index is 10.6. The number of hydrogen-bond acceptors (Lipinski definition) is 4. The van der Waals surface area contributed by atoms with E-state index in [4.69, 9.17) is 5.11 Å². The summed E-state index contributed by atoms with van der Waals surface area (Å²) in [6.45, 7) is 0.00453. The van der Waals surface area contributed by atoms with Crippen molar-refractivity contribution in [3.8, 4) is 11.8 Å². The van der Waals surface area contributed by atoms with E-state index in [0.29, 0.717) is 0 Å². The molecule has 1 N–H and O–H groups in total. The van der Waals surface area contributed by atoms with Crippen molar-refractivity contribution in [2.24, 2.45) is 0 Å². The van der Waals surface area contributed by atoms with E-state index in [0.717, 1.165) is 10.4 Å². The van der Waals surface area contributed by atoms with Gasteiger partial charge in [-0.2, -0.15) is 0 Å². The Labute approximate surface area is 80.0 Å². The van der Waals surface area contributed by atoms with Crippen LogP contribution in [0.2, 0.25) is 0 Å². The minimum Gasteiger partial charge on any atom is -0.459 e. The molecule has 0 spiro atoms. The van der Waals surface area contributed by atoms with Gasteiger partial charge in [-0.25, -0.2) is 4.79 Å². The zero-order valence-corrected chi connectivity index (χ0v) is 7.85. The van der Waals surface area contributed by atoms with Crippen LogP contribution >= 0.6 is 11.3 Å². The molecule has 1 aromatic heterocycles. The van der Waals surface area contributed by atoms with Gasteiger partial charge in [0, 0.05) is 21.7 Å². The molecule has 0 saturated carbocycles. The number of thiophene rings is 1. The number of ether oxygens (including phenoxy) is 1. The molecule has 0 aliphatic carbocycles. The van der Waals surface area contributed by atoms with Gasteiger partial charge < -0.3 is 9.84 Å². The smallest absolute Gasteiger partial charge is 0.384 e. The van der Waals surface area contributed by atoms with Crippen LogP contribution in [0.15, 0.2) is 11.4 Å². The number of esters is 1. The fraction of sp³-hybridized carbons (Fsp3) is 0.222. The largest absolute Gasteiger partial charge is 0.459 e. The predicted molar refractivity (Wildman–Crippen MR) is 49.1 cm³/mol. The third-order valence-electron chi connectivity index (χ3n) is 1.30. The van der Waals surface area contributed by atoms with Gasteiger partial charge in [-0.05, 0) is 6.07 Å². The summed E-state index contributed by atoms with van der Waals surface area (Å²) < 4.78 is 4.35. The molecule has 0 amide bonds. The van der Waals surface area contributed by atoms with Crippen molar-refractivity contribution in [2.45, 2.75) is 6.61 Å². The quantitative estimate of drug-likeness (QED) is 0.533. The number of carbonyl (C=O) groups excluding carboxylic acids is 1. The Morgan fingerprint density at radius 1 is 1.77 bits per heavy atom. The van der Waals surface area contributed by atoms with Gasteiger partial charge in [0.15, 0.2) is 0 Å². The molecule has 0 aliphatic rings. The molecule has 0 radical (unpaired) electrons. The number of aliphatic hydroxyl groups excluding tert-OH is 1. The highest BCUT2D eigenvalue weighted by atomic mass is 32.1. The average Bonchev–Trinajstić information content (AvgIpc) is 2.61. The lowest BCUT2D eigenvalue weighted by Crippen LogP contribution is -1.94. The highest BCUT2D eigenvalue weighted by molar-refractivity contribution is 7.10. The van der Waals surface area contributed by atoms with Crippen LogP contribution in [0.3, 0.4) is 0 Å². The van der Waals surface area contributed by atoms with Crippen LogP contribution in [0.4, 0.5) is 0 Å². The Balaban J connectivity index is 2.72. The highest BCUT2D eigenvalue weighted by Crippen LogP contribution is 2.12. The number of methoxy groups -OCH3 is 1. The number of hydrogen-bond donors (Lipinski definition) is 1. The van der Waals surface area contributed by atoms with Crippen LogP contribution in [0.1, 0.15) is 10.4 Å². The summed E-state index contributed by atoms with van der Waals surface area (Å²) in [4.78, 5) is 11.4. The van der Waals surface area contributed by atoms with Gasteiger partial charge >= 0.3 is 5.97 Å². The third kappa shape index (κ3) is 2.90. The normalized spacial score (nSPS) is 8.77. The van der Waals surface area contributed by atoms with Gasteiger partial charge in [0.1, 0.15) is 0 Å². The van der Waals surface area contributed by atoms with Gasteiger partial charge in [0.25, 0.3) is 0 Å². The maximum Gasteiger partial charge on any atom is 0.384 e. The van der Waals surface area contributed by atoms with Crippen molar-refractivity contribution < 1.29 is 14.6 Å². The summed E-state index contributed by atoms with van der Waals surface area (Å²) in [6.07, 6.45) is 0. The first-order chi connectivity index (χ1) is 6.26. The van der Waals surface area contributed by atoms with E-state index in [2.05, 4.69) is 16.6 Å². The second kappa shape index (κ2) is 4.65. The van der Waals surface area contributed by atoms with Crippen molar-refractivity contribution in [3.05, 3.63) is 21.9 Å². The molecule has 1 heterocycles. The first-order valence-electron chi connectivity index (χ1n) is 3.54. The topological polar surface area (TPSA) is 46.5 Å². The molecule has 0 fully saturated rings. The van der Waals surface area contributed by atoms with E-state index in [1.54, 1.807) is 11.4 Å². The van der Waals surface area contributed by atoms with Crippen LogP contribution in [-0.4, -0.2) is 18.2 Å². The van der Waals surface area contributed by atoms with Gasteiger partial charge in [-0.15, -0.1) is 11.3 Å². The van der Waals surface area contributed by atoms with Crippen molar-refractivity contribution in [1.29, 1.82) is 0 Å². The fourth-order valence-electron chi connectivity index (χ4n) is 0.703. The number of aliphatic hydroxyl groups is 1. The monoisotopic (exact) mass is 196 g/mol. The molecule has 0 bridgehead atoms. The van der Waals surface area contributed by atoms with E-state index in [1.807, 2.05) is 0 Å². The average molecular weight is 196 g/mol. The van der Waals surface area contributed by atoms with Crippen LogP contribution in [0.25, 0.3) is 0 Å². The molecule has 4 heteroatoms. The standard InChI is InChI=1S/C9H8O3S/c1-12-9(11)3-2-7-4-8(5-10)13-6-7/h4,6,10H,5H2,1H3. The lowest BCUT2D eigenvalue weighted by Gasteiger charge is -1.83. The molecule has 13 heavy (non-hydrogen) atoms. The zero-order valence-electron chi connectivity index (χ0n) is 7.03. The lowest BCUT2D eigenvalue weighted by molar-refractivity contribution is -0.133. The van der Waals surface area contributed by atoms with E-state index in [1.165, 1.54) is 18.4 Å². The van der Waals surface area contributed by atoms with E-state index < -0.39 is 5.97 Å². The second-order valence-electron chi connectivity index (χ2n) is 2.20. The summed E-state index contributed by atoms with van der Waals surface area (Å²) in [7, 11) is 1.28. The third-order valence-corrected chi connectivity index (χ3v) is 2.23.